The Morgan fingerprint density at radius 1 is 0.895 bits per heavy atom. The van der Waals surface area contributed by atoms with Crippen LogP contribution in [-0.2, 0) is 9.47 Å². The van der Waals surface area contributed by atoms with Crippen LogP contribution in [0.2, 0.25) is 0 Å². The molecule has 0 aliphatic carbocycles. The molecule has 0 atom stereocenters. The molecule has 0 saturated carbocycles. The van der Waals surface area contributed by atoms with E-state index in [-0.39, 0.29) is 10.6 Å². The largest absolute Gasteiger partial charge is 0.378 e. The van der Waals surface area contributed by atoms with Gasteiger partial charge in [0.1, 0.15) is 0 Å². The summed E-state index contributed by atoms with van der Waals surface area (Å²) in [6.45, 7) is 8.01. The van der Waals surface area contributed by atoms with Gasteiger partial charge in [-0.2, -0.15) is 15.0 Å². The molecule has 1 fully saturated rings. The highest BCUT2D eigenvalue weighted by molar-refractivity contribution is 5.59. The zero-order valence-corrected chi connectivity index (χ0v) is 21.6. The third kappa shape index (κ3) is 7.57. The van der Waals surface area contributed by atoms with E-state index in [0.717, 1.165) is 29.9 Å². The fourth-order valence-corrected chi connectivity index (χ4v) is 4.01. The van der Waals surface area contributed by atoms with Crippen molar-refractivity contribution in [1.82, 2.24) is 15.0 Å². The SMILES string of the molecule is Cc1ccc(-c2nc(NCCOCCOCCN)nc(N3CCN(c4ccc([N+](=O)[O-])cc4)CC3)n2)cc1. The summed E-state index contributed by atoms with van der Waals surface area (Å²) in [5.74, 6) is 1.70. The van der Waals surface area contributed by atoms with Gasteiger partial charge in [0.2, 0.25) is 11.9 Å². The second-order valence-corrected chi connectivity index (χ2v) is 8.84. The van der Waals surface area contributed by atoms with Crippen molar-refractivity contribution in [3.05, 3.63) is 64.2 Å². The minimum Gasteiger partial charge on any atom is -0.378 e. The monoisotopic (exact) mass is 522 g/mol. The Balaban J connectivity index is 1.41. The first-order valence-electron chi connectivity index (χ1n) is 12.7. The minimum absolute atomic E-state index is 0.0894. The molecule has 38 heavy (non-hydrogen) atoms. The number of non-ortho nitro benzene ring substituents is 1. The van der Waals surface area contributed by atoms with Crippen LogP contribution < -0.4 is 20.9 Å². The molecule has 0 spiro atoms. The van der Waals surface area contributed by atoms with Crippen molar-refractivity contribution < 1.29 is 14.4 Å². The zero-order valence-electron chi connectivity index (χ0n) is 21.6. The number of nitrogens with zero attached hydrogens (tertiary/aromatic N) is 6. The number of piperazine rings is 1. The van der Waals surface area contributed by atoms with Crippen molar-refractivity contribution in [2.24, 2.45) is 5.73 Å². The van der Waals surface area contributed by atoms with E-state index in [4.69, 9.17) is 25.2 Å². The van der Waals surface area contributed by atoms with E-state index in [1.54, 1.807) is 12.1 Å². The number of aryl methyl sites for hydroxylation is 1. The number of anilines is 3. The van der Waals surface area contributed by atoms with E-state index in [9.17, 15) is 10.1 Å². The van der Waals surface area contributed by atoms with Gasteiger partial charge in [-0.25, -0.2) is 0 Å². The molecule has 4 rings (SSSR count). The Bertz CT molecular complexity index is 1170. The van der Waals surface area contributed by atoms with Gasteiger partial charge in [0.15, 0.2) is 5.82 Å². The molecule has 1 aliphatic rings. The van der Waals surface area contributed by atoms with Crippen molar-refractivity contribution in [3.8, 4) is 11.4 Å². The highest BCUT2D eigenvalue weighted by Crippen LogP contribution is 2.24. The molecule has 1 aliphatic heterocycles. The van der Waals surface area contributed by atoms with Crippen molar-refractivity contribution in [3.63, 3.8) is 0 Å². The van der Waals surface area contributed by atoms with Crippen molar-refractivity contribution in [2.75, 3.05) is 80.8 Å². The average molecular weight is 523 g/mol. The smallest absolute Gasteiger partial charge is 0.269 e. The third-order valence-corrected chi connectivity index (χ3v) is 6.09. The predicted octanol–water partition coefficient (Wildman–Crippen LogP) is 2.49. The van der Waals surface area contributed by atoms with Gasteiger partial charge >= 0.3 is 0 Å². The zero-order chi connectivity index (χ0) is 26.7. The predicted molar refractivity (Wildman–Crippen MR) is 147 cm³/mol. The highest BCUT2D eigenvalue weighted by Gasteiger charge is 2.21. The van der Waals surface area contributed by atoms with Crippen LogP contribution in [0.5, 0.6) is 0 Å². The van der Waals surface area contributed by atoms with E-state index in [0.29, 0.717) is 70.3 Å². The van der Waals surface area contributed by atoms with Crippen molar-refractivity contribution in [2.45, 2.75) is 6.92 Å². The Morgan fingerprint density at radius 2 is 1.55 bits per heavy atom. The number of hydrogen-bond donors (Lipinski definition) is 2. The average Bonchev–Trinajstić information content (AvgIpc) is 2.95. The molecule has 2 aromatic carbocycles. The number of nitrogens with two attached hydrogens (primary N) is 1. The molecule has 0 unspecified atom stereocenters. The first kappa shape index (κ1) is 27.2. The lowest BCUT2D eigenvalue weighted by Gasteiger charge is -2.36. The van der Waals surface area contributed by atoms with Crippen LogP contribution in [-0.4, -0.2) is 85.6 Å². The van der Waals surface area contributed by atoms with Gasteiger partial charge in [-0.1, -0.05) is 29.8 Å². The van der Waals surface area contributed by atoms with Gasteiger partial charge in [-0.05, 0) is 19.1 Å². The molecule has 0 bridgehead atoms. The number of rotatable bonds is 13. The summed E-state index contributed by atoms with van der Waals surface area (Å²) in [6, 6.07) is 14.8. The molecule has 1 saturated heterocycles. The first-order chi connectivity index (χ1) is 18.5. The number of aromatic nitrogens is 3. The lowest BCUT2D eigenvalue weighted by molar-refractivity contribution is -0.384. The Labute approximate surface area is 222 Å². The summed E-state index contributed by atoms with van der Waals surface area (Å²) >= 11 is 0. The van der Waals surface area contributed by atoms with Gasteiger partial charge in [0.05, 0.1) is 31.4 Å². The summed E-state index contributed by atoms with van der Waals surface area (Å²) in [7, 11) is 0. The van der Waals surface area contributed by atoms with Crippen LogP contribution >= 0.6 is 0 Å². The van der Waals surface area contributed by atoms with E-state index in [1.165, 1.54) is 12.1 Å². The molecule has 12 heteroatoms. The van der Waals surface area contributed by atoms with Crippen molar-refractivity contribution in [1.29, 1.82) is 0 Å². The molecular formula is C26H34N8O4. The molecule has 3 N–H and O–H groups in total. The Kier molecular flexibility index (Phi) is 9.73. The van der Waals surface area contributed by atoms with E-state index < -0.39 is 0 Å². The molecule has 1 aromatic heterocycles. The summed E-state index contributed by atoms with van der Waals surface area (Å²) in [5.41, 5.74) is 8.54. The van der Waals surface area contributed by atoms with E-state index in [1.807, 2.05) is 31.2 Å². The van der Waals surface area contributed by atoms with Crippen LogP contribution in [0.3, 0.4) is 0 Å². The van der Waals surface area contributed by atoms with Gasteiger partial charge in [0, 0.05) is 62.7 Å². The molecule has 2 heterocycles. The van der Waals surface area contributed by atoms with Crippen LogP contribution in [0.15, 0.2) is 48.5 Å². The molecule has 3 aromatic rings. The van der Waals surface area contributed by atoms with Gasteiger partial charge in [-0.15, -0.1) is 0 Å². The second-order valence-electron chi connectivity index (χ2n) is 8.84. The summed E-state index contributed by atoms with van der Waals surface area (Å²) < 4.78 is 10.9. The topological polar surface area (TPSA) is 145 Å². The van der Waals surface area contributed by atoms with Crippen LogP contribution in [0.25, 0.3) is 11.4 Å². The van der Waals surface area contributed by atoms with Gasteiger partial charge in [-0.3, -0.25) is 10.1 Å². The molecule has 202 valence electrons. The number of benzene rings is 2. The first-order valence-corrected chi connectivity index (χ1v) is 12.7. The standard InChI is InChI=1S/C26H34N8O4/c1-20-2-4-21(5-3-20)24-29-25(28-11-17-38-19-18-37-16-10-27)31-26(30-24)33-14-12-32(13-15-33)22-6-8-23(9-7-22)34(35)36/h2-9H,10-19,27H2,1H3,(H,28,29,30,31). The Morgan fingerprint density at radius 3 is 2.21 bits per heavy atom. The molecular weight excluding hydrogens is 488 g/mol. The van der Waals surface area contributed by atoms with Crippen LogP contribution in [0.1, 0.15) is 5.56 Å². The molecule has 0 radical (unpaired) electrons. The summed E-state index contributed by atoms with van der Waals surface area (Å²) in [4.78, 5) is 29.0. The van der Waals surface area contributed by atoms with Crippen molar-refractivity contribution >= 4 is 23.3 Å². The molecule has 12 nitrogen and oxygen atoms in total. The Hall–Kier alpha value is -3.87. The number of nitro groups is 1. The highest BCUT2D eigenvalue weighted by atomic mass is 16.6. The number of ether oxygens (including phenoxy) is 2. The third-order valence-electron chi connectivity index (χ3n) is 6.09. The van der Waals surface area contributed by atoms with E-state index in [2.05, 4.69) is 20.1 Å². The maximum absolute atomic E-state index is 11.0. The molecule has 0 amide bonds. The van der Waals surface area contributed by atoms with Gasteiger partial charge < -0.3 is 30.3 Å². The summed E-state index contributed by atoms with van der Waals surface area (Å²) in [5, 5.41) is 14.2. The summed E-state index contributed by atoms with van der Waals surface area (Å²) in [6.07, 6.45) is 0. The number of nitro benzene ring substituents is 1. The number of hydrogen-bond acceptors (Lipinski definition) is 11. The second kappa shape index (κ2) is 13.6. The lowest BCUT2D eigenvalue weighted by Crippen LogP contribution is -2.47. The minimum atomic E-state index is -0.385. The van der Waals surface area contributed by atoms with Crippen LogP contribution in [0, 0.1) is 17.0 Å². The maximum Gasteiger partial charge on any atom is 0.269 e. The number of nitrogens with one attached hydrogen (secondary N) is 1. The lowest BCUT2D eigenvalue weighted by atomic mass is 10.1. The quantitative estimate of drug-likeness (QED) is 0.194. The fourth-order valence-electron chi connectivity index (χ4n) is 4.01. The van der Waals surface area contributed by atoms with Gasteiger partial charge in [0.25, 0.3) is 5.69 Å². The normalized spacial score (nSPS) is 13.5. The fraction of sp³-hybridized carbons (Fsp3) is 0.423. The van der Waals surface area contributed by atoms with E-state index >= 15 is 0 Å². The maximum atomic E-state index is 11.0. The van der Waals surface area contributed by atoms with Crippen LogP contribution in [0.4, 0.5) is 23.3 Å².